The fourth-order valence-corrected chi connectivity index (χ4v) is 3.74. The molecule has 0 spiro atoms. The Bertz CT molecular complexity index is 497. The fourth-order valence-electron chi connectivity index (χ4n) is 3.74. The van der Waals surface area contributed by atoms with Gasteiger partial charge in [-0.25, -0.2) is 0 Å². The van der Waals surface area contributed by atoms with Crippen LogP contribution in [0.25, 0.3) is 0 Å². The van der Waals surface area contributed by atoms with E-state index in [9.17, 15) is 14.7 Å². The van der Waals surface area contributed by atoms with E-state index in [0.29, 0.717) is 29.5 Å². The number of carbonyl (C=O) groups excluding carboxylic acids is 2. The zero-order valence-electron chi connectivity index (χ0n) is 10.6. The molecule has 4 unspecified atom stereocenters. The number of amides is 1. The van der Waals surface area contributed by atoms with Crippen LogP contribution in [0.4, 0.5) is 0 Å². The summed E-state index contributed by atoms with van der Waals surface area (Å²) in [6, 6.07) is 3.27. The molecule has 2 saturated carbocycles. The highest BCUT2D eigenvalue weighted by molar-refractivity contribution is 5.93. The molecule has 2 aliphatic carbocycles. The van der Waals surface area contributed by atoms with Gasteiger partial charge in [0.2, 0.25) is 0 Å². The highest BCUT2D eigenvalue weighted by Gasteiger charge is 2.47. The van der Waals surface area contributed by atoms with Gasteiger partial charge in [0.25, 0.3) is 5.91 Å². The quantitative estimate of drug-likeness (QED) is 0.707. The molecule has 5 heteroatoms. The summed E-state index contributed by atoms with van der Waals surface area (Å²) in [4.78, 5) is 25.5. The van der Waals surface area contributed by atoms with E-state index in [1.807, 2.05) is 0 Å². The number of hydrogen-bond acceptors (Lipinski definition) is 3. The van der Waals surface area contributed by atoms with Crippen LogP contribution >= 0.6 is 0 Å². The molecule has 0 radical (unpaired) electrons. The number of nitrogens with one attached hydrogen (secondary N) is 2. The van der Waals surface area contributed by atoms with Crippen molar-refractivity contribution >= 4 is 12.2 Å². The summed E-state index contributed by atoms with van der Waals surface area (Å²) < 4.78 is 0. The van der Waals surface area contributed by atoms with E-state index >= 15 is 0 Å². The Balaban J connectivity index is 1.70. The second kappa shape index (κ2) is 4.81. The second-order valence-corrected chi connectivity index (χ2v) is 5.62. The van der Waals surface area contributed by atoms with Crippen molar-refractivity contribution in [2.24, 2.45) is 17.8 Å². The van der Waals surface area contributed by atoms with Gasteiger partial charge < -0.3 is 15.4 Å². The predicted molar refractivity (Wildman–Crippen MR) is 68.8 cm³/mol. The van der Waals surface area contributed by atoms with E-state index in [0.717, 1.165) is 12.8 Å². The molecule has 19 heavy (non-hydrogen) atoms. The molecular weight excluding hydrogens is 244 g/mol. The zero-order chi connectivity index (χ0) is 13.4. The van der Waals surface area contributed by atoms with Crippen molar-refractivity contribution in [2.45, 2.75) is 25.3 Å². The Labute approximate surface area is 111 Å². The molecule has 0 aliphatic heterocycles. The van der Waals surface area contributed by atoms with Crippen molar-refractivity contribution in [3.8, 4) is 0 Å². The number of hydrogen-bond donors (Lipinski definition) is 3. The van der Waals surface area contributed by atoms with Crippen molar-refractivity contribution in [1.29, 1.82) is 0 Å². The van der Waals surface area contributed by atoms with E-state index in [1.54, 1.807) is 12.1 Å². The molecule has 102 valence electrons. The Morgan fingerprint density at radius 1 is 1.42 bits per heavy atom. The number of aliphatic hydroxyl groups is 1. The van der Waals surface area contributed by atoms with Gasteiger partial charge in [-0.1, -0.05) is 0 Å². The van der Waals surface area contributed by atoms with Gasteiger partial charge in [0, 0.05) is 18.6 Å². The SMILES string of the molecule is O=Cc1ccc(C(=O)NC2C3CCC(C3)C2CO)[nH]1. The topological polar surface area (TPSA) is 82.2 Å². The molecule has 0 saturated heterocycles. The molecule has 2 bridgehead atoms. The minimum absolute atomic E-state index is 0.0687. The van der Waals surface area contributed by atoms with Gasteiger partial charge in [-0.2, -0.15) is 0 Å². The lowest BCUT2D eigenvalue weighted by molar-refractivity contribution is 0.0857. The fraction of sp³-hybridized carbons (Fsp3) is 0.571. The molecule has 4 atom stereocenters. The lowest BCUT2D eigenvalue weighted by atomic mass is 9.85. The third-order valence-electron chi connectivity index (χ3n) is 4.68. The van der Waals surface area contributed by atoms with Crippen molar-refractivity contribution in [1.82, 2.24) is 10.3 Å². The van der Waals surface area contributed by atoms with E-state index in [4.69, 9.17) is 0 Å². The maximum atomic E-state index is 12.1. The summed E-state index contributed by atoms with van der Waals surface area (Å²) in [6.07, 6.45) is 4.10. The first-order chi connectivity index (χ1) is 9.22. The van der Waals surface area contributed by atoms with Crippen molar-refractivity contribution in [3.63, 3.8) is 0 Å². The highest BCUT2D eigenvalue weighted by atomic mass is 16.3. The van der Waals surface area contributed by atoms with Crippen LogP contribution in [0.3, 0.4) is 0 Å². The van der Waals surface area contributed by atoms with E-state index in [1.165, 1.54) is 6.42 Å². The molecule has 1 heterocycles. The number of rotatable bonds is 4. The van der Waals surface area contributed by atoms with Gasteiger partial charge in [-0.15, -0.1) is 0 Å². The van der Waals surface area contributed by atoms with Gasteiger partial charge in [0.15, 0.2) is 6.29 Å². The summed E-state index contributed by atoms with van der Waals surface area (Å²) in [5.74, 6) is 1.04. The van der Waals surface area contributed by atoms with E-state index in [-0.39, 0.29) is 24.5 Å². The van der Waals surface area contributed by atoms with Crippen LogP contribution < -0.4 is 5.32 Å². The highest BCUT2D eigenvalue weighted by Crippen LogP contribution is 2.48. The summed E-state index contributed by atoms with van der Waals surface area (Å²) in [5.41, 5.74) is 0.804. The zero-order valence-corrected chi connectivity index (χ0v) is 10.6. The molecule has 2 fully saturated rings. The molecule has 1 aromatic heterocycles. The number of aromatic nitrogens is 1. The largest absolute Gasteiger partial charge is 0.396 e. The maximum absolute atomic E-state index is 12.1. The number of fused-ring (bicyclic) bond motifs is 2. The average molecular weight is 262 g/mol. The third-order valence-corrected chi connectivity index (χ3v) is 4.68. The van der Waals surface area contributed by atoms with E-state index < -0.39 is 0 Å². The first-order valence-electron chi connectivity index (χ1n) is 6.79. The molecule has 3 rings (SSSR count). The average Bonchev–Trinajstić information content (AvgIpc) is 3.13. The second-order valence-electron chi connectivity index (χ2n) is 5.62. The molecule has 0 aromatic carbocycles. The van der Waals surface area contributed by atoms with Crippen LogP contribution in [0, 0.1) is 17.8 Å². The predicted octanol–water partition coefficient (Wildman–Crippen LogP) is 0.964. The Morgan fingerprint density at radius 3 is 2.89 bits per heavy atom. The van der Waals surface area contributed by atoms with Crippen LogP contribution in [-0.4, -0.2) is 34.9 Å². The van der Waals surface area contributed by atoms with Crippen molar-refractivity contribution in [2.75, 3.05) is 6.61 Å². The number of aromatic amines is 1. The molecule has 3 N–H and O–H groups in total. The van der Waals surface area contributed by atoms with Crippen molar-refractivity contribution < 1.29 is 14.7 Å². The number of H-pyrrole nitrogens is 1. The molecular formula is C14H18N2O3. The smallest absolute Gasteiger partial charge is 0.267 e. The van der Waals surface area contributed by atoms with Crippen LogP contribution in [0.2, 0.25) is 0 Å². The monoisotopic (exact) mass is 262 g/mol. The lowest BCUT2D eigenvalue weighted by Gasteiger charge is -2.30. The first-order valence-corrected chi connectivity index (χ1v) is 6.79. The van der Waals surface area contributed by atoms with Crippen LogP contribution in [0.5, 0.6) is 0 Å². The van der Waals surface area contributed by atoms with Crippen LogP contribution in [0.15, 0.2) is 12.1 Å². The van der Waals surface area contributed by atoms with Gasteiger partial charge in [0.05, 0.1) is 5.69 Å². The molecule has 1 aromatic rings. The standard InChI is InChI=1S/C14H18N2O3/c17-6-10-3-4-12(15-10)14(19)16-13-9-2-1-8(5-9)11(13)7-18/h3-4,6,8-9,11,13,15,18H,1-2,5,7H2,(H,16,19). The molecule has 5 nitrogen and oxygen atoms in total. The van der Waals surface area contributed by atoms with Gasteiger partial charge in [-0.05, 0) is 43.2 Å². The summed E-state index contributed by atoms with van der Waals surface area (Å²) in [6.45, 7) is 0.135. The minimum Gasteiger partial charge on any atom is -0.396 e. The third kappa shape index (κ3) is 2.08. The first kappa shape index (κ1) is 12.4. The normalized spacial score (nSPS) is 32.5. The summed E-state index contributed by atoms with van der Waals surface area (Å²) in [7, 11) is 0. The molecule has 2 aliphatic rings. The lowest BCUT2D eigenvalue weighted by Crippen LogP contribution is -2.45. The maximum Gasteiger partial charge on any atom is 0.267 e. The summed E-state index contributed by atoms with van der Waals surface area (Å²) in [5, 5.41) is 12.5. The number of aldehydes is 1. The van der Waals surface area contributed by atoms with Gasteiger partial charge in [-0.3, -0.25) is 9.59 Å². The van der Waals surface area contributed by atoms with E-state index in [2.05, 4.69) is 10.3 Å². The Hall–Kier alpha value is -1.62. The minimum atomic E-state index is -0.191. The number of aliphatic hydroxyl groups excluding tert-OH is 1. The van der Waals surface area contributed by atoms with Gasteiger partial charge in [0.1, 0.15) is 5.69 Å². The number of carbonyl (C=O) groups is 2. The summed E-state index contributed by atoms with van der Waals surface area (Å²) >= 11 is 0. The Morgan fingerprint density at radius 2 is 2.21 bits per heavy atom. The Kier molecular flexibility index (Phi) is 3.14. The van der Waals surface area contributed by atoms with Crippen LogP contribution in [-0.2, 0) is 0 Å². The molecule has 1 amide bonds. The van der Waals surface area contributed by atoms with Gasteiger partial charge >= 0.3 is 0 Å². The van der Waals surface area contributed by atoms with Crippen LogP contribution in [0.1, 0.15) is 40.2 Å². The van der Waals surface area contributed by atoms with Crippen molar-refractivity contribution in [3.05, 3.63) is 23.5 Å².